The van der Waals surface area contributed by atoms with Crippen LogP contribution < -0.4 is 9.46 Å². The van der Waals surface area contributed by atoms with Crippen molar-refractivity contribution in [2.45, 2.75) is 18.7 Å². The number of ether oxygens (including phenoxy) is 1. The maximum absolute atomic E-state index is 14.3. The van der Waals surface area contributed by atoms with E-state index < -0.39 is 5.82 Å². The zero-order chi connectivity index (χ0) is 22.0. The van der Waals surface area contributed by atoms with E-state index in [1.807, 2.05) is 45.3 Å². The van der Waals surface area contributed by atoms with Crippen molar-refractivity contribution in [3.63, 3.8) is 0 Å². The molecule has 0 atom stereocenters. The van der Waals surface area contributed by atoms with Crippen LogP contribution in [0.2, 0.25) is 5.02 Å². The molecule has 31 heavy (non-hydrogen) atoms. The summed E-state index contributed by atoms with van der Waals surface area (Å²) in [6.07, 6.45) is 3.59. The average molecular weight is 456 g/mol. The fourth-order valence-corrected chi connectivity index (χ4v) is 3.92. The van der Waals surface area contributed by atoms with Crippen molar-refractivity contribution in [3.8, 4) is 22.9 Å². The first-order valence-electron chi connectivity index (χ1n) is 9.40. The third-order valence-electron chi connectivity index (χ3n) is 4.51. The van der Waals surface area contributed by atoms with E-state index in [0.717, 1.165) is 21.6 Å². The fourth-order valence-electron chi connectivity index (χ4n) is 3.11. The monoisotopic (exact) mass is 455 g/mol. The van der Waals surface area contributed by atoms with Crippen LogP contribution in [-0.4, -0.2) is 19.7 Å². The van der Waals surface area contributed by atoms with Gasteiger partial charge >= 0.3 is 0 Å². The van der Waals surface area contributed by atoms with Gasteiger partial charge in [0.15, 0.2) is 11.6 Å². The van der Waals surface area contributed by atoms with E-state index in [9.17, 15) is 4.39 Å². The summed E-state index contributed by atoms with van der Waals surface area (Å²) in [4.78, 5) is 9.95. The Labute approximate surface area is 188 Å². The summed E-state index contributed by atoms with van der Waals surface area (Å²) in [5.41, 5.74) is 3.73. The largest absolute Gasteiger partial charge is 0.434 e. The zero-order valence-corrected chi connectivity index (χ0v) is 18.6. The Morgan fingerprint density at radius 2 is 1.84 bits per heavy atom. The lowest BCUT2D eigenvalue weighted by Crippen LogP contribution is -2.01. The van der Waals surface area contributed by atoms with Crippen LogP contribution in [0, 0.1) is 19.7 Å². The highest BCUT2D eigenvalue weighted by molar-refractivity contribution is 8.00. The molecule has 0 radical (unpaired) electrons. The van der Waals surface area contributed by atoms with Crippen molar-refractivity contribution >= 4 is 29.5 Å². The van der Waals surface area contributed by atoms with Crippen molar-refractivity contribution < 1.29 is 9.13 Å². The molecule has 6 nitrogen and oxygen atoms in total. The van der Waals surface area contributed by atoms with Crippen molar-refractivity contribution in [2.24, 2.45) is 7.05 Å². The zero-order valence-electron chi connectivity index (χ0n) is 17.1. The molecular weight excluding hydrogens is 437 g/mol. The number of nitrogens with zero attached hydrogens (tertiary/aromatic N) is 4. The Balaban J connectivity index is 1.74. The number of halogens is 2. The maximum atomic E-state index is 14.3. The predicted octanol–water partition coefficient (Wildman–Crippen LogP) is 6.20. The quantitative estimate of drug-likeness (QED) is 0.349. The van der Waals surface area contributed by atoms with Gasteiger partial charge in [0.25, 0.3) is 0 Å². The lowest BCUT2D eigenvalue weighted by atomic mass is 10.00. The summed E-state index contributed by atoms with van der Waals surface area (Å²) in [5, 5.41) is 4.30. The molecule has 0 spiro atoms. The second kappa shape index (κ2) is 8.95. The van der Waals surface area contributed by atoms with Crippen LogP contribution in [-0.2, 0) is 7.05 Å². The standard InChI is InChI=1S/C22H19ClFN5OS/c1-13-6-4-7-14(2)20(13)18-10-19(30-21-16(23)8-5-9-17(21)24)27-22(26-18)28-31-15-11-25-29(3)12-15/h4-12H,1-3H3,(H,26,27,28). The minimum absolute atomic E-state index is 0.0822. The molecule has 0 fully saturated rings. The highest BCUT2D eigenvalue weighted by Crippen LogP contribution is 2.34. The lowest BCUT2D eigenvalue weighted by Gasteiger charge is -2.14. The Bertz CT molecular complexity index is 1210. The highest BCUT2D eigenvalue weighted by atomic mass is 35.5. The van der Waals surface area contributed by atoms with Gasteiger partial charge in [-0.2, -0.15) is 10.1 Å². The average Bonchev–Trinajstić information content (AvgIpc) is 3.14. The van der Waals surface area contributed by atoms with Crippen LogP contribution in [0.25, 0.3) is 11.3 Å². The van der Waals surface area contributed by atoms with Crippen LogP contribution in [0.15, 0.2) is 59.8 Å². The molecule has 4 aromatic rings. The van der Waals surface area contributed by atoms with Crippen molar-refractivity contribution in [2.75, 3.05) is 4.72 Å². The number of hydrogen-bond donors (Lipinski definition) is 1. The summed E-state index contributed by atoms with van der Waals surface area (Å²) >= 11 is 7.45. The predicted molar refractivity (Wildman–Crippen MR) is 121 cm³/mol. The summed E-state index contributed by atoms with van der Waals surface area (Å²) < 4.78 is 24.8. The number of aromatic nitrogens is 4. The molecule has 1 N–H and O–H groups in total. The third-order valence-corrected chi connectivity index (χ3v) is 5.54. The van der Waals surface area contributed by atoms with E-state index in [0.29, 0.717) is 11.6 Å². The maximum Gasteiger partial charge on any atom is 0.237 e. The van der Waals surface area contributed by atoms with Gasteiger partial charge in [-0.15, -0.1) is 0 Å². The molecule has 0 aliphatic carbocycles. The summed E-state index contributed by atoms with van der Waals surface area (Å²) in [7, 11) is 1.84. The molecular formula is C22H19ClFN5OS. The van der Waals surface area contributed by atoms with Gasteiger partial charge in [-0.25, -0.2) is 9.37 Å². The molecule has 0 bridgehead atoms. The number of nitrogens with one attached hydrogen (secondary N) is 1. The number of hydrogen-bond acceptors (Lipinski definition) is 6. The molecule has 0 saturated carbocycles. The van der Waals surface area contributed by atoms with Crippen LogP contribution >= 0.6 is 23.5 Å². The van der Waals surface area contributed by atoms with Crippen LogP contribution in [0.4, 0.5) is 10.3 Å². The van der Waals surface area contributed by atoms with E-state index in [2.05, 4.69) is 19.8 Å². The lowest BCUT2D eigenvalue weighted by molar-refractivity contribution is 0.428. The van der Waals surface area contributed by atoms with Gasteiger partial charge in [0.1, 0.15) is 0 Å². The molecule has 2 aromatic carbocycles. The molecule has 158 valence electrons. The van der Waals surface area contributed by atoms with Crippen molar-refractivity contribution in [1.29, 1.82) is 0 Å². The van der Waals surface area contributed by atoms with Crippen LogP contribution in [0.1, 0.15) is 11.1 Å². The number of benzene rings is 2. The molecule has 0 aliphatic rings. The second-order valence-electron chi connectivity index (χ2n) is 6.89. The van der Waals surface area contributed by atoms with Gasteiger partial charge in [-0.05, 0) is 49.1 Å². The highest BCUT2D eigenvalue weighted by Gasteiger charge is 2.16. The molecule has 9 heteroatoms. The van der Waals surface area contributed by atoms with Gasteiger partial charge < -0.3 is 4.74 Å². The number of rotatable bonds is 6. The molecule has 4 rings (SSSR count). The SMILES string of the molecule is Cc1cccc(C)c1-c1cc(Oc2c(F)cccc2Cl)nc(NSc2cnn(C)c2)n1. The van der Waals surface area contributed by atoms with Gasteiger partial charge in [-0.1, -0.05) is 35.9 Å². The van der Waals surface area contributed by atoms with Gasteiger partial charge in [0.2, 0.25) is 11.8 Å². The van der Waals surface area contributed by atoms with Gasteiger partial charge in [0.05, 0.1) is 21.8 Å². The summed E-state index contributed by atoms with van der Waals surface area (Å²) in [6.45, 7) is 4.02. The van der Waals surface area contributed by atoms with E-state index in [1.165, 1.54) is 24.1 Å². The second-order valence-corrected chi connectivity index (χ2v) is 8.18. The molecule has 2 heterocycles. The fraction of sp³-hybridized carbons (Fsp3) is 0.136. The number of para-hydroxylation sites is 1. The van der Waals surface area contributed by atoms with Crippen LogP contribution in [0.3, 0.4) is 0 Å². The topological polar surface area (TPSA) is 64.9 Å². The Morgan fingerprint density at radius 1 is 1.10 bits per heavy atom. The first-order chi connectivity index (χ1) is 14.9. The molecule has 0 unspecified atom stereocenters. The Kier molecular flexibility index (Phi) is 6.11. The Morgan fingerprint density at radius 3 is 2.52 bits per heavy atom. The minimum atomic E-state index is -0.570. The molecule has 0 saturated heterocycles. The first kappa shape index (κ1) is 21.1. The number of aryl methyl sites for hydroxylation is 3. The van der Waals surface area contributed by atoms with Gasteiger partial charge in [-0.3, -0.25) is 9.40 Å². The van der Waals surface area contributed by atoms with Crippen molar-refractivity contribution in [3.05, 3.63) is 76.8 Å². The summed E-state index contributed by atoms with van der Waals surface area (Å²) in [6, 6.07) is 12.1. The van der Waals surface area contributed by atoms with Gasteiger partial charge in [0, 0.05) is 24.9 Å². The normalized spacial score (nSPS) is 10.9. The third kappa shape index (κ3) is 4.81. The van der Waals surface area contributed by atoms with E-state index in [4.69, 9.17) is 16.3 Å². The Hall–Kier alpha value is -3.10. The molecule has 0 aliphatic heterocycles. The van der Waals surface area contributed by atoms with Crippen molar-refractivity contribution in [1.82, 2.24) is 19.7 Å². The van der Waals surface area contributed by atoms with E-state index in [-0.39, 0.29) is 16.7 Å². The molecule has 2 aromatic heterocycles. The summed E-state index contributed by atoms with van der Waals surface area (Å²) in [5.74, 6) is -0.162. The first-order valence-corrected chi connectivity index (χ1v) is 10.6. The minimum Gasteiger partial charge on any atom is -0.434 e. The van der Waals surface area contributed by atoms with E-state index >= 15 is 0 Å². The molecule has 0 amide bonds. The van der Waals surface area contributed by atoms with E-state index in [1.54, 1.807) is 23.0 Å². The smallest absolute Gasteiger partial charge is 0.237 e. The number of anilines is 1. The van der Waals surface area contributed by atoms with Crippen LogP contribution in [0.5, 0.6) is 11.6 Å².